The number of nitrogens with one attached hydrogen (secondary N) is 1. The van der Waals surface area contributed by atoms with Gasteiger partial charge in [0, 0.05) is 36.6 Å². The molecule has 2 rings (SSSR count). The number of rotatable bonds is 4. The van der Waals surface area contributed by atoms with Gasteiger partial charge >= 0.3 is 0 Å². The van der Waals surface area contributed by atoms with E-state index in [1.807, 2.05) is 23.8 Å². The van der Waals surface area contributed by atoms with Gasteiger partial charge in [0.05, 0.1) is 0 Å². The molecule has 0 aliphatic rings. The Kier molecular flexibility index (Phi) is 3.54. The first-order chi connectivity index (χ1) is 8.26. The highest BCUT2D eigenvalue weighted by Crippen LogP contribution is 2.20. The molecule has 0 saturated carbocycles. The Labute approximate surface area is 100 Å². The molecule has 0 fully saturated rings. The van der Waals surface area contributed by atoms with E-state index in [0.717, 1.165) is 17.9 Å². The zero-order valence-electron chi connectivity index (χ0n) is 10.1. The third-order valence-electron chi connectivity index (χ3n) is 2.73. The van der Waals surface area contributed by atoms with Crippen LogP contribution in [0, 0.1) is 5.82 Å². The Balaban J connectivity index is 2.37. The SMILES string of the molecule is CCn1ccnc1-c1ccc(CNC)c(F)c1. The first kappa shape index (κ1) is 11.8. The second-order valence-corrected chi connectivity index (χ2v) is 3.87. The molecule has 0 bridgehead atoms. The van der Waals surface area contributed by atoms with Crippen molar-refractivity contribution in [1.82, 2.24) is 14.9 Å². The highest BCUT2D eigenvalue weighted by atomic mass is 19.1. The van der Waals surface area contributed by atoms with E-state index in [1.165, 1.54) is 0 Å². The highest BCUT2D eigenvalue weighted by Gasteiger charge is 2.08. The quantitative estimate of drug-likeness (QED) is 0.879. The van der Waals surface area contributed by atoms with E-state index < -0.39 is 0 Å². The normalized spacial score (nSPS) is 10.8. The molecule has 1 aromatic carbocycles. The summed E-state index contributed by atoms with van der Waals surface area (Å²) in [6.07, 6.45) is 3.63. The number of nitrogens with zero attached hydrogens (tertiary/aromatic N) is 2. The molecule has 0 amide bonds. The van der Waals surface area contributed by atoms with E-state index in [-0.39, 0.29) is 5.82 Å². The van der Waals surface area contributed by atoms with Crippen molar-refractivity contribution >= 4 is 0 Å². The first-order valence-electron chi connectivity index (χ1n) is 5.70. The topological polar surface area (TPSA) is 29.9 Å². The molecule has 2 aromatic rings. The molecule has 0 atom stereocenters. The van der Waals surface area contributed by atoms with Crippen LogP contribution in [0.3, 0.4) is 0 Å². The predicted octanol–water partition coefficient (Wildman–Crippen LogP) is 2.43. The minimum Gasteiger partial charge on any atom is -0.331 e. The number of benzene rings is 1. The summed E-state index contributed by atoms with van der Waals surface area (Å²) in [6, 6.07) is 5.25. The van der Waals surface area contributed by atoms with Crippen LogP contribution in [-0.4, -0.2) is 16.6 Å². The van der Waals surface area contributed by atoms with Crippen molar-refractivity contribution in [2.24, 2.45) is 0 Å². The average molecular weight is 233 g/mol. The minimum atomic E-state index is -0.192. The Bertz CT molecular complexity index is 505. The first-order valence-corrected chi connectivity index (χ1v) is 5.70. The molecule has 0 aliphatic carbocycles. The van der Waals surface area contributed by atoms with Gasteiger partial charge < -0.3 is 9.88 Å². The smallest absolute Gasteiger partial charge is 0.139 e. The fourth-order valence-corrected chi connectivity index (χ4v) is 1.84. The summed E-state index contributed by atoms with van der Waals surface area (Å²) >= 11 is 0. The Morgan fingerprint density at radius 3 is 2.88 bits per heavy atom. The van der Waals surface area contributed by atoms with Gasteiger partial charge in [0.1, 0.15) is 11.6 Å². The summed E-state index contributed by atoms with van der Waals surface area (Å²) < 4.78 is 15.8. The van der Waals surface area contributed by atoms with Crippen molar-refractivity contribution in [3.63, 3.8) is 0 Å². The number of aryl methyl sites for hydroxylation is 1. The fraction of sp³-hybridized carbons (Fsp3) is 0.308. The number of imidazole rings is 1. The lowest BCUT2D eigenvalue weighted by Crippen LogP contribution is -2.07. The Morgan fingerprint density at radius 1 is 1.41 bits per heavy atom. The molecule has 0 radical (unpaired) electrons. The van der Waals surface area contributed by atoms with Crippen molar-refractivity contribution < 1.29 is 4.39 Å². The lowest BCUT2D eigenvalue weighted by Gasteiger charge is -2.07. The van der Waals surface area contributed by atoms with Crippen LogP contribution in [0.4, 0.5) is 4.39 Å². The van der Waals surface area contributed by atoms with Crippen LogP contribution in [-0.2, 0) is 13.1 Å². The summed E-state index contributed by atoms with van der Waals surface area (Å²) in [5, 5.41) is 2.94. The summed E-state index contributed by atoms with van der Waals surface area (Å²) in [5.41, 5.74) is 1.49. The van der Waals surface area contributed by atoms with Gasteiger partial charge in [-0.25, -0.2) is 9.37 Å². The van der Waals surface area contributed by atoms with Gasteiger partial charge in [0.2, 0.25) is 0 Å². The molecule has 0 spiro atoms. The standard InChI is InChI=1S/C13H16FN3/c1-3-17-7-6-16-13(17)10-4-5-11(9-15-2)12(14)8-10/h4-8,15H,3,9H2,1-2H3. The van der Waals surface area contributed by atoms with Crippen LogP contribution in [0.25, 0.3) is 11.4 Å². The molecular weight excluding hydrogens is 217 g/mol. The van der Waals surface area contributed by atoms with Crippen molar-refractivity contribution in [1.29, 1.82) is 0 Å². The highest BCUT2D eigenvalue weighted by molar-refractivity contribution is 5.56. The van der Waals surface area contributed by atoms with E-state index in [4.69, 9.17) is 0 Å². The van der Waals surface area contributed by atoms with Gasteiger partial charge in [-0.15, -0.1) is 0 Å². The molecule has 0 saturated heterocycles. The van der Waals surface area contributed by atoms with Crippen LogP contribution < -0.4 is 5.32 Å². The third-order valence-corrected chi connectivity index (χ3v) is 2.73. The average Bonchev–Trinajstić information content (AvgIpc) is 2.80. The molecule has 3 nitrogen and oxygen atoms in total. The van der Waals surface area contributed by atoms with Crippen LogP contribution in [0.1, 0.15) is 12.5 Å². The van der Waals surface area contributed by atoms with Crippen molar-refractivity contribution in [3.8, 4) is 11.4 Å². The zero-order valence-corrected chi connectivity index (χ0v) is 10.1. The Hall–Kier alpha value is -1.68. The summed E-state index contributed by atoms with van der Waals surface area (Å²) in [4.78, 5) is 4.25. The molecule has 1 heterocycles. The third kappa shape index (κ3) is 2.36. The molecule has 1 N–H and O–H groups in total. The predicted molar refractivity (Wildman–Crippen MR) is 66.1 cm³/mol. The molecule has 90 valence electrons. The molecule has 0 aliphatic heterocycles. The van der Waals surface area contributed by atoms with Gasteiger partial charge in [0.25, 0.3) is 0 Å². The van der Waals surface area contributed by atoms with Gasteiger partial charge in [-0.05, 0) is 20.0 Å². The van der Waals surface area contributed by atoms with E-state index >= 15 is 0 Å². The molecular formula is C13H16FN3. The van der Waals surface area contributed by atoms with E-state index in [0.29, 0.717) is 12.1 Å². The molecule has 4 heteroatoms. The maximum absolute atomic E-state index is 13.8. The van der Waals surface area contributed by atoms with Crippen LogP contribution in [0.5, 0.6) is 0 Å². The van der Waals surface area contributed by atoms with E-state index in [9.17, 15) is 4.39 Å². The number of hydrogen-bond acceptors (Lipinski definition) is 2. The second kappa shape index (κ2) is 5.10. The molecule has 0 unspecified atom stereocenters. The summed E-state index contributed by atoms with van der Waals surface area (Å²) in [5.74, 6) is 0.616. The Morgan fingerprint density at radius 2 is 2.24 bits per heavy atom. The van der Waals surface area contributed by atoms with Crippen LogP contribution in [0.2, 0.25) is 0 Å². The maximum atomic E-state index is 13.8. The van der Waals surface area contributed by atoms with Crippen molar-refractivity contribution in [2.45, 2.75) is 20.0 Å². The largest absolute Gasteiger partial charge is 0.331 e. The second-order valence-electron chi connectivity index (χ2n) is 3.87. The summed E-state index contributed by atoms with van der Waals surface area (Å²) in [7, 11) is 1.80. The van der Waals surface area contributed by atoms with E-state index in [1.54, 1.807) is 25.4 Å². The van der Waals surface area contributed by atoms with Crippen molar-refractivity contribution in [3.05, 3.63) is 42.0 Å². The van der Waals surface area contributed by atoms with Gasteiger partial charge in [-0.2, -0.15) is 0 Å². The summed E-state index contributed by atoms with van der Waals surface area (Å²) in [6.45, 7) is 3.40. The lowest BCUT2D eigenvalue weighted by molar-refractivity contribution is 0.601. The number of hydrogen-bond donors (Lipinski definition) is 1. The van der Waals surface area contributed by atoms with Gasteiger partial charge in [-0.3, -0.25) is 0 Å². The number of halogens is 1. The zero-order chi connectivity index (χ0) is 12.3. The minimum absolute atomic E-state index is 0.192. The van der Waals surface area contributed by atoms with Gasteiger partial charge in [0.15, 0.2) is 0 Å². The fourth-order valence-electron chi connectivity index (χ4n) is 1.84. The molecule has 17 heavy (non-hydrogen) atoms. The lowest BCUT2D eigenvalue weighted by atomic mass is 10.1. The van der Waals surface area contributed by atoms with Crippen LogP contribution >= 0.6 is 0 Å². The number of aromatic nitrogens is 2. The van der Waals surface area contributed by atoms with Crippen molar-refractivity contribution in [2.75, 3.05) is 7.05 Å². The maximum Gasteiger partial charge on any atom is 0.139 e. The van der Waals surface area contributed by atoms with E-state index in [2.05, 4.69) is 10.3 Å². The molecule has 1 aromatic heterocycles. The van der Waals surface area contributed by atoms with Gasteiger partial charge in [-0.1, -0.05) is 12.1 Å². The van der Waals surface area contributed by atoms with Crippen LogP contribution in [0.15, 0.2) is 30.6 Å². The monoisotopic (exact) mass is 233 g/mol.